The zero-order chi connectivity index (χ0) is 23.3. The van der Waals surface area contributed by atoms with Gasteiger partial charge in [-0.1, -0.05) is 36.4 Å². The molecule has 4 heterocycles. The lowest BCUT2D eigenvalue weighted by Gasteiger charge is -2.38. The third kappa shape index (κ3) is 5.19. The van der Waals surface area contributed by atoms with E-state index in [0.717, 1.165) is 30.9 Å². The van der Waals surface area contributed by atoms with Crippen LogP contribution in [0, 0.1) is 0 Å². The lowest BCUT2D eigenvalue weighted by Crippen LogP contribution is -2.52. The van der Waals surface area contributed by atoms with E-state index in [1.165, 1.54) is 11.1 Å². The SMILES string of the molecule is OC[C@@H]1O[C@H](CN(Cc2ccccn2)Cc2ccccn2)[C@H](N2CCc3ccccc3C2)[C@@H]1O. The molecule has 1 fully saturated rings. The van der Waals surface area contributed by atoms with Gasteiger partial charge in [0.05, 0.1) is 30.1 Å². The number of rotatable bonds is 8. The Hall–Kier alpha value is -2.68. The van der Waals surface area contributed by atoms with Gasteiger partial charge in [0.1, 0.15) is 12.2 Å². The molecule has 0 bridgehead atoms. The normalized spacial score (nSPS) is 24.9. The Bertz CT molecular complexity index is 1010. The predicted molar refractivity (Wildman–Crippen MR) is 129 cm³/mol. The summed E-state index contributed by atoms with van der Waals surface area (Å²) in [7, 11) is 0. The molecule has 2 aliphatic heterocycles. The molecule has 2 aromatic heterocycles. The van der Waals surface area contributed by atoms with Gasteiger partial charge in [-0.05, 0) is 41.8 Å². The van der Waals surface area contributed by atoms with Gasteiger partial charge in [-0.2, -0.15) is 0 Å². The highest BCUT2D eigenvalue weighted by molar-refractivity contribution is 5.29. The highest BCUT2D eigenvalue weighted by atomic mass is 16.5. The summed E-state index contributed by atoms with van der Waals surface area (Å²) in [6.07, 6.45) is 2.98. The van der Waals surface area contributed by atoms with E-state index in [0.29, 0.717) is 19.6 Å². The van der Waals surface area contributed by atoms with Gasteiger partial charge in [0, 0.05) is 45.1 Å². The van der Waals surface area contributed by atoms with E-state index in [1.54, 1.807) is 12.4 Å². The minimum atomic E-state index is -0.744. The molecule has 0 amide bonds. The van der Waals surface area contributed by atoms with E-state index in [1.807, 2.05) is 36.4 Å². The molecule has 7 heteroatoms. The number of nitrogens with zero attached hydrogens (tertiary/aromatic N) is 4. The number of fused-ring (bicyclic) bond motifs is 1. The third-order valence-electron chi connectivity index (χ3n) is 6.88. The highest BCUT2D eigenvalue weighted by Crippen LogP contribution is 2.31. The van der Waals surface area contributed by atoms with Gasteiger partial charge < -0.3 is 14.9 Å². The molecule has 2 N–H and O–H groups in total. The van der Waals surface area contributed by atoms with Crippen molar-refractivity contribution in [3.05, 3.63) is 95.6 Å². The van der Waals surface area contributed by atoms with Gasteiger partial charge in [0.2, 0.25) is 0 Å². The number of hydrogen-bond acceptors (Lipinski definition) is 7. The molecule has 0 unspecified atom stereocenters. The minimum absolute atomic E-state index is 0.194. The Morgan fingerprint density at radius 3 is 2.15 bits per heavy atom. The molecule has 4 atom stereocenters. The van der Waals surface area contributed by atoms with Gasteiger partial charge in [-0.15, -0.1) is 0 Å². The third-order valence-corrected chi connectivity index (χ3v) is 6.88. The molecule has 1 aromatic carbocycles. The van der Waals surface area contributed by atoms with Gasteiger partial charge >= 0.3 is 0 Å². The molecule has 0 radical (unpaired) electrons. The number of ether oxygens (including phenoxy) is 1. The summed E-state index contributed by atoms with van der Waals surface area (Å²) in [6.45, 7) is 3.33. The Labute approximate surface area is 200 Å². The van der Waals surface area contributed by atoms with Crippen LogP contribution in [-0.4, -0.2) is 74.0 Å². The van der Waals surface area contributed by atoms with Crippen molar-refractivity contribution in [2.45, 2.75) is 50.4 Å². The molecule has 178 valence electrons. The number of aliphatic hydroxyl groups is 2. The van der Waals surface area contributed by atoms with Crippen LogP contribution >= 0.6 is 0 Å². The van der Waals surface area contributed by atoms with Crippen molar-refractivity contribution >= 4 is 0 Å². The topological polar surface area (TPSA) is 82.0 Å². The van der Waals surface area contributed by atoms with E-state index in [9.17, 15) is 10.2 Å². The summed E-state index contributed by atoms with van der Waals surface area (Å²) in [6, 6.07) is 20.2. The average Bonchev–Trinajstić information content (AvgIpc) is 3.19. The van der Waals surface area contributed by atoms with Crippen LogP contribution in [0.1, 0.15) is 22.5 Å². The van der Waals surface area contributed by atoms with Crippen molar-refractivity contribution in [2.75, 3.05) is 19.7 Å². The average molecular weight is 461 g/mol. The fraction of sp³-hybridized carbons (Fsp3) is 0.407. The molecule has 5 rings (SSSR count). The monoisotopic (exact) mass is 460 g/mol. The number of aliphatic hydroxyl groups excluding tert-OH is 2. The molecule has 0 aliphatic carbocycles. The summed E-state index contributed by atoms with van der Waals surface area (Å²) in [4.78, 5) is 13.6. The van der Waals surface area contributed by atoms with Crippen molar-refractivity contribution in [1.29, 1.82) is 0 Å². The zero-order valence-electron chi connectivity index (χ0n) is 19.3. The first-order chi connectivity index (χ1) is 16.7. The maximum absolute atomic E-state index is 11.1. The summed E-state index contributed by atoms with van der Waals surface area (Å²) in [5.41, 5.74) is 4.61. The van der Waals surface area contributed by atoms with Gasteiger partial charge in [0.15, 0.2) is 0 Å². The van der Waals surface area contributed by atoms with Crippen LogP contribution in [0.3, 0.4) is 0 Å². The molecule has 0 spiro atoms. The van der Waals surface area contributed by atoms with Gasteiger partial charge in [-0.25, -0.2) is 0 Å². The fourth-order valence-electron chi connectivity index (χ4n) is 5.23. The lowest BCUT2D eigenvalue weighted by molar-refractivity contribution is -0.0328. The summed E-state index contributed by atoms with van der Waals surface area (Å²) >= 11 is 0. The molecule has 2 aliphatic rings. The standard InChI is InChI=1S/C27H32N4O3/c32-19-25-27(33)26(31-14-11-20-7-1-2-8-21(20)15-31)24(34-25)18-30(16-22-9-3-5-12-28-22)17-23-10-4-6-13-29-23/h1-10,12-13,24-27,32-33H,11,14-19H2/t24-,25+,26+,27-/m1/s1. The van der Waals surface area contributed by atoms with Crippen molar-refractivity contribution in [1.82, 2.24) is 19.8 Å². The van der Waals surface area contributed by atoms with Crippen LogP contribution in [0.5, 0.6) is 0 Å². The predicted octanol–water partition coefficient (Wildman–Crippen LogP) is 2.03. The summed E-state index contributed by atoms with van der Waals surface area (Å²) < 4.78 is 6.26. The second kappa shape index (κ2) is 10.7. The number of pyridine rings is 2. The maximum Gasteiger partial charge on any atom is 0.109 e. The number of hydrogen-bond donors (Lipinski definition) is 2. The quantitative estimate of drug-likeness (QED) is 0.532. The first kappa shape index (κ1) is 23.1. The first-order valence-corrected chi connectivity index (χ1v) is 12.0. The van der Waals surface area contributed by atoms with Crippen molar-refractivity contribution in [2.24, 2.45) is 0 Å². The summed E-state index contributed by atoms with van der Waals surface area (Å²) in [5, 5.41) is 21.0. The van der Waals surface area contributed by atoms with Crippen LogP contribution in [-0.2, 0) is 30.8 Å². The van der Waals surface area contributed by atoms with Gasteiger partial charge in [-0.3, -0.25) is 19.8 Å². The fourth-order valence-corrected chi connectivity index (χ4v) is 5.23. The van der Waals surface area contributed by atoms with E-state index in [-0.39, 0.29) is 18.8 Å². The number of aromatic nitrogens is 2. The largest absolute Gasteiger partial charge is 0.394 e. The van der Waals surface area contributed by atoms with Crippen molar-refractivity contribution in [3.63, 3.8) is 0 Å². The van der Waals surface area contributed by atoms with Crippen molar-refractivity contribution < 1.29 is 14.9 Å². The van der Waals surface area contributed by atoms with Gasteiger partial charge in [0.25, 0.3) is 0 Å². The molecule has 7 nitrogen and oxygen atoms in total. The van der Waals surface area contributed by atoms with Crippen molar-refractivity contribution in [3.8, 4) is 0 Å². The Morgan fingerprint density at radius 1 is 0.882 bits per heavy atom. The van der Waals surface area contributed by atoms with Crippen LogP contribution in [0.2, 0.25) is 0 Å². The molecular weight excluding hydrogens is 428 g/mol. The second-order valence-electron chi connectivity index (χ2n) is 9.18. The zero-order valence-corrected chi connectivity index (χ0v) is 19.3. The van der Waals surface area contributed by atoms with Crippen LogP contribution < -0.4 is 0 Å². The van der Waals surface area contributed by atoms with E-state index < -0.39 is 12.2 Å². The molecule has 3 aromatic rings. The van der Waals surface area contributed by atoms with E-state index >= 15 is 0 Å². The van der Waals surface area contributed by atoms with Crippen LogP contribution in [0.4, 0.5) is 0 Å². The highest BCUT2D eigenvalue weighted by Gasteiger charge is 2.47. The molecule has 34 heavy (non-hydrogen) atoms. The molecule has 1 saturated heterocycles. The Kier molecular flexibility index (Phi) is 7.27. The Morgan fingerprint density at radius 2 is 1.53 bits per heavy atom. The Balaban J connectivity index is 1.37. The minimum Gasteiger partial charge on any atom is -0.394 e. The lowest BCUT2D eigenvalue weighted by atomic mass is 9.95. The van der Waals surface area contributed by atoms with E-state index in [4.69, 9.17) is 4.74 Å². The summed E-state index contributed by atoms with van der Waals surface area (Å²) in [5.74, 6) is 0. The second-order valence-corrected chi connectivity index (χ2v) is 9.18. The smallest absolute Gasteiger partial charge is 0.109 e. The molecular formula is C27H32N4O3. The maximum atomic E-state index is 11.1. The first-order valence-electron chi connectivity index (χ1n) is 12.0. The number of benzene rings is 1. The van der Waals surface area contributed by atoms with Crippen LogP contribution in [0.25, 0.3) is 0 Å². The van der Waals surface area contributed by atoms with E-state index in [2.05, 4.69) is 44.0 Å². The van der Waals surface area contributed by atoms with Crippen LogP contribution in [0.15, 0.2) is 73.1 Å². The molecule has 0 saturated carbocycles.